The van der Waals surface area contributed by atoms with E-state index in [4.69, 9.17) is 4.74 Å². The molecule has 0 amide bonds. The number of rotatable bonds is 4. The lowest BCUT2D eigenvalue weighted by atomic mass is 9.99. The standard InChI is InChI=1S/C16H16Br2O2/c1-10-3-6-16(20-2)11(7-10)8-15(19)13-9-12(17)4-5-14(13)18/h3-7,9,15,19H,8H2,1-2H3. The minimum absolute atomic E-state index is 0.514. The fourth-order valence-electron chi connectivity index (χ4n) is 2.16. The van der Waals surface area contributed by atoms with Crippen LogP contribution >= 0.6 is 31.9 Å². The molecule has 2 aromatic rings. The number of hydrogen-bond acceptors (Lipinski definition) is 2. The van der Waals surface area contributed by atoms with E-state index in [-0.39, 0.29) is 0 Å². The second kappa shape index (κ2) is 6.74. The molecule has 20 heavy (non-hydrogen) atoms. The zero-order valence-corrected chi connectivity index (χ0v) is 14.5. The van der Waals surface area contributed by atoms with Crippen molar-refractivity contribution in [3.8, 4) is 5.75 Å². The Bertz CT molecular complexity index is 611. The molecule has 2 rings (SSSR count). The Balaban J connectivity index is 2.29. The maximum Gasteiger partial charge on any atom is 0.122 e. The highest BCUT2D eigenvalue weighted by atomic mass is 79.9. The molecule has 4 heteroatoms. The lowest BCUT2D eigenvalue weighted by Gasteiger charge is -2.16. The third-order valence-corrected chi connectivity index (χ3v) is 4.38. The Morgan fingerprint density at radius 1 is 1.15 bits per heavy atom. The van der Waals surface area contributed by atoms with Gasteiger partial charge in [0, 0.05) is 15.4 Å². The summed E-state index contributed by atoms with van der Waals surface area (Å²) in [7, 11) is 1.65. The maximum atomic E-state index is 10.5. The molecule has 0 bridgehead atoms. The van der Waals surface area contributed by atoms with Crippen LogP contribution in [0.5, 0.6) is 5.75 Å². The van der Waals surface area contributed by atoms with E-state index >= 15 is 0 Å². The van der Waals surface area contributed by atoms with Crippen LogP contribution < -0.4 is 4.74 Å². The van der Waals surface area contributed by atoms with Gasteiger partial charge in [-0.2, -0.15) is 0 Å². The van der Waals surface area contributed by atoms with Gasteiger partial charge >= 0.3 is 0 Å². The first-order valence-electron chi connectivity index (χ1n) is 6.28. The van der Waals surface area contributed by atoms with Crippen LogP contribution in [0.1, 0.15) is 22.8 Å². The highest BCUT2D eigenvalue weighted by Crippen LogP contribution is 2.31. The summed E-state index contributed by atoms with van der Waals surface area (Å²) in [5.74, 6) is 0.806. The highest BCUT2D eigenvalue weighted by Gasteiger charge is 2.15. The van der Waals surface area contributed by atoms with Crippen molar-refractivity contribution < 1.29 is 9.84 Å². The summed E-state index contributed by atoms with van der Waals surface area (Å²) in [6, 6.07) is 11.8. The van der Waals surface area contributed by atoms with Gasteiger partial charge in [-0.1, -0.05) is 49.6 Å². The molecule has 0 aromatic heterocycles. The van der Waals surface area contributed by atoms with Gasteiger partial charge in [0.15, 0.2) is 0 Å². The van der Waals surface area contributed by atoms with Gasteiger partial charge in [0.25, 0.3) is 0 Å². The minimum Gasteiger partial charge on any atom is -0.496 e. The van der Waals surface area contributed by atoms with E-state index < -0.39 is 6.10 Å². The Labute approximate surface area is 136 Å². The molecule has 0 aliphatic carbocycles. The molecule has 2 aromatic carbocycles. The number of aryl methyl sites for hydroxylation is 1. The smallest absolute Gasteiger partial charge is 0.122 e. The molecule has 0 saturated carbocycles. The van der Waals surface area contributed by atoms with Gasteiger partial charge in [0.2, 0.25) is 0 Å². The monoisotopic (exact) mass is 398 g/mol. The number of ether oxygens (including phenoxy) is 1. The summed E-state index contributed by atoms with van der Waals surface area (Å²) >= 11 is 6.92. The molecule has 0 heterocycles. The second-order valence-corrected chi connectivity index (χ2v) is 6.47. The van der Waals surface area contributed by atoms with Crippen molar-refractivity contribution in [3.05, 3.63) is 62.0 Å². The van der Waals surface area contributed by atoms with Gasteiger partial charge in [-0.3, -0.25) is 0 Å². The van der Waals surface area contributed by atoms with E-state index in [1.54, 1.807) is 7.11 Å². The number of methoxy groups -OCH3 is 1. The summed E-state index contributed by atoms with van der Waals surface area (Å²) < 4.78 is 7.21. The van der Waals surface area contributed by atoms with Crippen LogP contribution in [0.3, 0.4) is 0 Å². The van der Waals surface area contributed by atoms with Crippen molar-refractivity contribution in [1.82, 2.24) is 0 Å². The summed E-state index contributed by atoms with van der Waals surface area (Å²) in [5, 5.41) is 10.5. The minimum atomic E-state index is -0.586. The predicted molar refractivity (Wildman–Crippen MR) is 88.2 cm³/mol. The van der Waals surface area contributed by atoms with Gasteiger partial charge in [-0.25, -0.2) is 0 Å². The van der Waals surface area contributed by atoms with Crippen molar-refractivity contribution in [2.45, 2.75) is 19.4 Å². The van der Waals surface area contributed by atoms with E-state index in [2.05, 4.69) is 31.9 Å². The number of aliphatic hydroxyl groups excluding tert-OH is 1. The molecule has 0 saturated heterocycles. The van der Waals surface area contributed by atoms with E-state index in [9.17, 15) is 5.11 Å². The van der Waals surface area contributed by atoms with E-state index in [0.717, 1.165) is 31.4 Å². The van der Waals surface area contributed by atoms with Crippen LogP contribution in [0.15, 0.2) is 45.3 Å². The summed E-state index contributed by atoms with van der Waals surface area (Å²) in [5.41, 5.74) is 3.02. The number of hydrogen-bond donors (Lipinski definition) is 1. The van der Waals surface area contributed by atoms with Crippen LogP contribution in [0.25, 0.3) is 0 Å². The van der Waals surface area contributed by atoms with Crippen LogP contribution in [0.4, 0.5) is 0 Å². The first-order chi connectivity index (χ1) is 9.51. The quantitative estimate of drug-likeness (QED) is 0.799. The second-order valence-electron chi connectivity index (χ2n) is 4.70. The third-order valence-electron chi connectivity index (χ3n) is 3.17. The molecule has 0 radical (unpaired) electrons. The van der Waals surface area contributed by atoms with Gasteiger partial charge in [-0.15, -0.1) is 0 Å². The molecule has 0 aliphatic heterocycles. The molecular weight excluding hydrogens is 384 g/mol. The van der Waals surface area contributed by atoms with E-state index in [1.165, 1.54) is 0 Å². The largest absolute Gasteiger partial charge is 0.496 e. The van der Waals surface area contributed by atoms with Crippen molar-refractivity contribution in [3.63, 3.8) is 0 Å². The van der Waals surface area contributed by atoms with Gasteiger partial charge < -0.3 is 9.84 Å². The zero-order chi connectivity index (χ0) is 14.7. The number of aliphatic hydroxyl groups is 1. The van der Waals surface area contributed by atoms with Crippen molar-refractivity contribution in [2.24, 2.45) is 0 Å². The average Bonchev–Trinajstić information content (AvgIpc) is 2.41. The van der Waals surface area contributed by atoms with Crippen LogP contribution in [-0.4, -0.2) is 12.2 Å². The lowest BCUT2D eigenvalue weighted by molar-refractivity contribution is 0.176. The average molecular weight is 400 g/mol. The Morgan fingerprint density at radius 2 is 1.90 bits per heavy atom. The predicted octanol–water partition coefficient (Wildman–Crippen LogP) is 4.80. The molecule has 2 nitrogen and oxygen atoms in total. The van der Waals surface area contributed by atoms with Crippen LogP contribution in [0, 0.1) is 6.92 Å². The zero-order valence-electron chi connectivity index (χ0n) is 11.4. The first-order valence-corrected chi connectivity index (χ1v) is 7.86. The Morgan fingerprint density at radius 3 is 2.60 bits per heavy atom. The van der Waals surface area contributed by atoms with Gasteiger partial charge in [0.05, 0.1) is 13.2 Å². The summed E-state index contributed by atoms with van der Waals surface area (Å²) in [6.45, 7) is 2.03. The topological polar surface area (TPSA) is 29.5 Å². The Hall–Kier alpha value is -0.840. The fraction of sp³-hybridized carbons (Fsp3) is 0.250. The molecule has 1 atom stereocenters. The molecule has 0 spiro atoms. The Kier molecular flexibility index (Phi) is 5.24. The molecule has 0 aliphatic rings. The van der Waals surface area contributed by atoms with Gasteiger partial charge in [-0.05, 0) is 42.3 Å². The molecule has 1 N–H and O–H groups in total. The molecule has 1 unspecified atom stereocenters. The van der Waals surface area contributed by atoms with Crippen molar-refractivity contribution in [2.75, 3.05) is 7.11 Å². The van der Waals surface area contributed by atoms with E-state index in [0.29, 0.717) is 6.42 Å². The number of halogens is 2. The summed E-state index contributed by atoms with van der Waals surface area (Å²) in [4.78, 5) is 0. The SMILES string of the molecule is COc1ccc(C)cc1CC(O)c1cc(Br)ccc1Br. The fourth-order valence-corrected chi connectivity index (χ4v) is 3.04. The molecule has 106 valence electrons. The van der Waals surface area contributed by atoms with Crippen molar-refractivity contribution in [1.29, 1.82) is 0 Å². The van der Waals surface area contributed by atoms with Gasteiger partial charge in [0.1, 0.15) is 5.75 Å². The molecule has 0 fully saturated rings. The normalized spacial score (nSPS) is 12.2. The maximum absolute atomic E-state index is 10.5. The molecular formula is C16H16Br2O2. The van der Waals surface area contributed by atoms with Crippen LogP contribution in [-0.2, 0) is 6.42 Å². The van der Waals surface area contributed by atoms with Crippen LogP contribution in [0.2, 0.25) is 0 Å². The summed E-state index contributed by atoms with van der Waals surface area (Å²) in [6.07, 6.45) is -0.0718. The van der Waals surface area contributed by atoms with Crippen molar-refractivity contribution >= 4 is 31.9 Å². The lowest BCUT2D eigenvalue weighted by Crippen LogP contribution is -2.04. The third kappa shape index (κ3) is 3.62. The van der Waals surface area contributed by atoms with E-state index in [1.807, 2.05) is 43.3 Å². The first kappa shape index (κ1) is 15.5. The highest BCUT2D eigenvalue weighted by molar-refractivity contribution is 9.11. The number of benzene rings is 2.